The molecular formula is C17H34N2. The maximum absolute atomic E-state index is 3.65. The molecule has 19 heavy (non-hydrogen) atoms. The third kappa shape index (κ3) is 5.07. The molecule has 2 aliphatic rings. The Hall–Kier alpha value is -0.0800. The Labute approximate surface area is 120 Å². The second kappa shape index (κ2) is 6.58. The molecule has 0 amide bonds. The molecule has 0 aromatic heterocycles. The van der Waals surface area contributed by atoms with Crippen LogP contribution in [0, 0.1) is 11.3 Å². The molecule has 1 aliphatic heterocycles. The van der Waals surface area contributed by atoms with Crippen molar-refractivity contribution in [3.05, 3.63) is 0 Å². The highest BCUT2D eigenvalue weighted by Gasteiger charge is 2.28. The normalized spacial score (nSPS) is 28.1. The molecule has 0 radical (unpaired) electrons. The van der Waals surface area contributed by atoms with Crippen molar-refractivity contribution < 1.29 is 0 Å². The first-order valence-corrected chi connectivity index (χ1v) is 8.44. The molecule has 0 aromatic carbocycles. The van der Waals surface area contributed by atoms with Crippen LogP contribution in [0.4, 0.5) is 0 Å². The fourth-order valence-corrected chi connectivity index (χ4v) is 3.39. The molecule has 1 saturated heterocycles. The predicted molar refractivity (Wildman–Crippen MR) is 83.5 cm³/mol. The smallest absolute Gasteiger partial charge is 0.00790 e. The Kier molecular flexibility index (Phi) is 5.30. The number of hydrogen-bond donors (Lipinski definition) is 1. The zero-order valence-corrected chi connectivity index (χ0v) is 13.5. The molecule has 2 nitrogen and oxygen atoms in total. The summed E-state index contributed by atoms with van der Waals surface area (Å²) in [5, 5.41) is 3.65. The van der Waals surface area contributed by atoms with Gasteiger partial charge in [0.2, 0.25) is 0 Å². The van der Waals surface area contributed by atoms with Crippen molar-refractivity contribution >= 4 is 0 Å². The van der Waals surface area contributed by atoms with Gasteiger partial charge in [-0.3, -0.25) is 0 Å². The van der Waals surface area contributed by atoms with Gasteiger partial charge in [-0.05, 0) is 76.4 Å². The second-order valence-electron chi connectivity index (χ2n) is 7.90. The predicted octanol–water partition coefficient (Wildman–Crippen LogP) is 3.67. The van der Waals surface area contributed by atoms with Gasteiger partial charge in [0.05, 0.1) is 0 Å². The van der Waals surface area contributed by atoms with Crippen LogP contribution in [-0.2, 0) is 0 Å². The minimum absolute atomic E-state index is 0.493. The molecule has 0 bridgehead atoms. The molecule has 1 heterocycles. The largest absolute Gasteiger partial charge is 0.314 e. The van der Waals surface area contributed by atoms with E-state index in [1.54, 1.807) is 0 Å². The van der Waals surface area contributed by atoms with Crippen LogP contribution < -0.4 is 5.32 Å². The van der Waals surface area contributed by atoms with Gasteiger partial charge in [0.15, 0.2) is 0 Å². The first-order chi connectivity index (χ1) is 8.97. The summed E-state index contributed by atoms with van der Waals surface area (Å²) < 4.78 is 0. The second-order valence-corrected chi connectivity index (χ2v) is 7.90. The van der Waals surface area contributed by atoms with E-state index >= 15 is 0 Å². The monoisotopic (exact) mass is 266 g/mol. The van der Waals surface area contributed by atoms with E-state index in [-0.39, 0.29) is 0 Å². The van der Waals surface area contributed by atoms with Crippen LogP contribution in [-0.4, -0.2) is 36.6 Å². The maximum atomic E-state index is 3.65. The first kappa shape index (κ1) is 15.3. The lowest BCUT2D eigenvalue weighted by atomic mass is 9.77. The molecule has 2 unspecified atom stereocenters. The summed E-state index contributed by atoms with van der Waals surface area (Å²) >= 11 is 0. The third-order valence-electron chi connectivity index (χ3n) is 5.18. The van der Waals surface area contributed by atoms with Gasteiger partial charge in [0.1, 0.15) is 0 Å². The minimum Gasteiger partial charge on any atom is -0.314 e. The summed E-state index contributed by atoms with van der Waals surface area (Å²) in [6, 6.07) is 1.62. The number of likely N-dealkylation sites (tertiary alicyclic amines) is 1. The number of nitrogens with zero attached hydrogens (tertiary/aromatic N) is 1. The Morgan fingerprint density at radius 3 is 2.47 bits per heavy atom. The van der Waals surface area contributed by atoms with E-state index in [1.165, 1.54) is 58.2 Å². The van der Waals surface area contributed by atoms with Crippen molar-refractivity contribution in [1.29, 1.82) is 0 Å². The van der Waals surface area contributed by atoms with Crippen molar-refractivity contribution in [2.45, 2.75) is 78.3 Å². The van der Waals surface area contributed by atoms with Crippen molar-refractivity contribution in [2.24, 2.45) is 11.3 Å². The summed E-state index contributed by atoms with van der Waals surface area (Å²) in [5.41, 5.74) is 0.493. The van der Waals surface area contributed by atoms with E-state index in [0.29, 0.717) is 5.41 Å². The topological polar surface area (TPSA) is 15.3 Å². The molecule has 1 aliphatic carbocycles. The first-order valence-electron chi connectivity index (χ1n) is 8.44. The van der Waals surface area contributed by atoms with Crippen LogP contribution in [0.2, 0.25) is 0 Å². The van der Waals surface area contributed by atoms with Crippen LogP contribution in [0.15, 0.2) is 0 Å². The Bertz CT molecular complexity index is 265. The highest BCUT2D eigenvalue weighted by molar-refractivity contribution is 4.83. The lowest BCUT2D eigenvalue weighted by molar-refractivity contribution is 0.183. The van der Waals surface area contributed by atoms with E-state index in [9.17, 15) is 0 Å². The Balaban J connectivity index is 1.71. The van der Waals surface area contributed by atoms with E-state index in [4.69, 9.17) is 0 Å². The summed E-state index contributed by atoms with van der Waals surface area (Å²) in [4.78, 5) is 2.74. The van der Waals surface area contributed by atoms with Crippen molar-refractivity contribution in [3.63, 3.8) is 0 Å². The molecule has 2 heteroatoms. The summed E-state index contributed by atoms with van der Waals surface area (Å²) in [6.07, 6.45) is 8.34. The van der Waals surface area contributed by atoms with Gasteiger partial charge < -0.3 is 10.2 Å². The van der Waals surface area contributed by atoms with Crippen LogP contribution in [0.25, 0.3) is 0 Å². The minimum atomic E-state index is 0.493. The van der Waals surface area contributed by atoms with Crippen LogP contribution in [0.5, 0.6) is 0 Å². The van der Waals surface area contributed by atoms with Gasteiger partial charge in [-0.15, -0.1) is 0 Å². The van der Waals surface area contributed by atoms with Gasteiger partial charge in [0.25, 0.3) is 0 Å². The summed E-state index contributed by atoms with van der Waals surface area (Å²) in [6.45, 7) is 13.5. The van der Waals surface area contributed by atoms with Crippen LogP contribution >= 0.6 is 0 Å². The molecule has 0 aromatic rings. The molecule has 1 N–H and O–H groups in total. The average molecular weight is 266 g/mol. The Morgan fingerprint density at radius 1 is 1.11 bits per heavy atom. The van der Waals surface area contributed by atoms with Crippen molar-refractivity contribution in [2.75, 3.05) is 19.6 Å². The van der Waals surface area contributed by atoms with Gasteiger partial charge in [-0.25, -0.2) is 0 Å². The van der Waals surface area contributed by atoms with Gasteiger partial charge in [0, 0.05) is 12.1 Å². The molecule has 2 fully saturated rings. The quantitative estimate of drug-likeness (QED) is 0.817. The number of hydrogen-bond acceptors (Lipinski definition) is 2. The standard InChI is InChI=1S/C17H34N2/c1-14(9-11-18-16-7-8-16)19-12-5-6-15(10-13-19)17(2,3)4/h14-16,18H,5-13H2,1-4H3. The third-order valence-corrected chi connectivity index (χ3v) is 5.18. The van der Waals surface area contributed by atoms with E-state index < -0.39 is 0 Å². The van der Waals surface area contributed by atoms with Crippen LogP contribution in [0.3, 0.4) is 0 Å². The molecule has 2 atom stereocenters. The van der Waals surface area contributed by atoms with E-state index in [2.05, 4.69) is 37.9 Å². The fourth-order valence-electron chi connectivity index (χ4n) is 3.39. The van der Waals surface area contributed by atoms with Crippen molar-refractivity contribution in [1.82, 2.24) is 10.2 Å². The zero-order valence-electron chi connectivity index (χ0n) is 13.5. The zero-order chi connectivity index (χ0) is 13.9. The average Bonchev–Trinajstić information content (AvgIpc) is 3.13. The Morgan fingerprint density at radius 2 is 1.84 bits per heavy atom. The lowest BCUT2D eigenvalue weighted by Crippen LogP contribution is -2.36. The fraction of sp³-hybridized carbons (Fsp3) is 1.00. The van der Waals surface area contributed by atoms with E-state index in [0.717, 1.165) is 18.0 Å². The molecule has 0 spiro atoms. The van der Waals surface area contributed by atoms with E-state index in [1.807, 2.05) is 0 Å². The summed E-state index contributed by atoms with van der Waals surface area (Å²) in [7, 11) is 0. The molecule has 112 valence electrons. The number of nitrogens with one attached hydrogen (secondary N) is 1. The molecular weight excluding hydrogens is 232 g/mol. The lowest BCUT2D eigenvalue weighted by Gasteiger charge is -2.31. The maximum Gasteiger partial charge on any atom is 0.00790 e. The van der Waals surface area contributed by atoms with Gasteiger partial charge in [-0.1, -0.05) is 20.8 Å². The van der Waals surface area contributed by atoms with Gasteiger partial charge in [-0.2, -0.15) is 0 Å². The number of rotatable bonds is 5. The van der Waals surface area contributed by atoms with Crippen LogP contribution in [0.1, 0.15) is 66.2 Å². The molecule has 1 saturated carbocycles. The highest BCUT2D eigenvalue weighted by atomic mass is 15.2. The molecule has 2 rings (SSSR count). The van der Waals surface area contributed by atoms with Gasteiger partial charge >= 0.3 is 0 Å². The summed E-state index contributed by atoms with van der Waals surface area (Å²) in [5.74, 6) is 0.911. The highest BCUT2D eigenvalue weighted by Crippen LogP contribution is 2.34. The SMILES string of the molecule is CC(CCNC1CC1)N1CCCC(C(C)(C)C)CC1. The van der Waals surface area contributed by atoms with Crippen molar-refractivity contribution in [3.8, 4) is 0 Å².